The summed E-state index contributed by atoms with van der Waals surface area (Å²) >= 11 is 0. The molecule has 0 atom stereocenters. The summed E-state index contributed by atoms with van der Waals surface area (Å²) in [7, 11) is 0. The average molecular weight is 240 g/mol. The van der Waals surface area contributed by atoms with E-state index in [1.807, 2.05) is 18.3 Å². The fourth-order valence-corrected chi connectivity index (χ4v) is 1.51. The van der Waals surface area contributed by atoms with Crippen molar-refractivity contribution < 1.29 is 4.79 Å². The summed E-state index contributed by atoms with van der Waals surface area (Å²) in [5.41, 5.74) is 1.09. The molecule has 0 saturated heterocycles. The third kappa shape index (κ3) is 2.95. The van der Waals surface area contributed by atoms with Crippen LogP contribution < -0.4 is 5.32 Å². The number of benzene rings is 1. The molecule has 0 bridgehead atoms. The van der Waals surface area contributed by atoms with Gasteiger partial charge in [-0.2, -0.15) is 10.4 Å². The van der Waals surface area contributed by atoms with Gasteiger partial charge in [0.15, 0.2) is 0 Å². The van der Waals surface area contributed by atoms with E-state index in [9.17, 15) is 4.79 Å². The average Bonchev–Trinajstić information content (AvgIpc) is 2.92. The van der Waals surface area contributed by atoms with Gasteiger partial charge in [-0.1, -0.05) is 0 Å². The highest BCUT2D eigenvalue weighted by Gasteiger charge is 2.04. The SMILES string of the molecule is N#Cc1ccc(C(=O)NCCn2cccn2)cc1. The maximum Gasteiger partial charge on any atom is 0.251 e. The molecule has 2 aromatic rings. The Labute approximate surface area is 105 Å². The second-order valence-corrected chi connectivity index (χ2v) is 3.71. The molecular weight excluding hydrogens is 228 g/mol. The fourth-order valence-electron chi connectivity index (χ4n) is 1.51. The van der Waals surface area contributed by atoms with Crippen LogP contribution in [-0.2, 0) is 6.54 Å². The highest BCUT2D eigenvalue weighted by Crippen LogP contribution is 2.02. The summed E-state index contributed by atoms with van der Waals surface area (Å²) in [6, 6.07) is 10.4. The lowest BCUT2D eigenvalue weighted by molar-refractivity contribution is 0.0952. The number of hydrogen-bond acceptors (Lipinski definition) is 3. The molecule has 18 heavy (non-hydrogen) atoms. The summed E-state index contributed by atoms with van der Waals surface area (Å²) in [6.45, 7) is 1.15. The molecule has 1 aromatic heterocycles. The van der Waals surface area contributed by atoms with E-state index in [0.29, 0.717) is 24.2 Å². The fraction of sp³-hybridized carbons (Fsp3) is 0.154. The Balaban J connectivity index is 1.86. The summed E-state index contributed by atoms with van der Waals surface area (Å²) in [5.74, 6) is -0.147. The van der Waals surface area contributed by atoms with Crippen LogP contribution in [0.25, 0.3) is 0 Å². The number of nitrogens with one attached hydrogen (secondary N) is 1. The first-order valence-corrected chi connectivity index (χ1v) is 5.55. The maximum absolute atomic E-state index is 11.7. The van der Waals surface area contributed by atoms with Gasteiger partial charge in [-0.3, -0.25) is 9.48 Å². The standard InChI is InChI=1S/C13H12N4O/c14-10-11-2-4-12(5-3-11)13(18)15-7-9-17-8-1-6-16-17/h1-6,8H,7,9H2,(H,15,18). The molecule has 2 rings (SSSR count). The van der Waals surface area contributed by atoms with E-state index in [1.165, 1.54) is 0 Å². The van der Waals surface area contributed by atoms with Crippen LogP contribution >= 0.6 is 0 Å². The van der Waals surface area contributed by atoms with Crippen molar-refractivity contribution in [1.29, 1.82) is 5.26 Å². The van der Waals surface area contributed by atoms with Crippen molar-refractivity contribution in [2.45, 2.75) is 6.54 Å². The molecule has 1 heterocycles. The van der Waals surface area contributed by atoms with Gasteiger partial charge < -0.3 is 5.32 Å². The normalized spacial score (nSPS) is 9.72. The van der Waals surface area contributed by atoms with Crippen LogP contribution in [0.4, 0.5) is 0 Å². The molecule has 90 valence electrons. The highest BCUT2D eigenvalue weighted by atomic mass is 16.1. The van der Waals surface area contributed by atoms with Gasteiger partial charge in [0.25, 0.3) is 5.91 Å². The molecule has 5 heteroatoms. The number of carbonyl (C=O) groups is 1. The van der Waals surface area contributed by atoms with Gasteiger partial charge in [-0.05, 0) is 30.3 Å². The predicted octanol–water partition coefficient (Wildman–Crippen LogP) is 1.18. The van der Waals surface area contributed by atoms with E-state index < -0.39 is 0 Å². The quantitative estimate of drug-likeness (QED) is 0.872. The Hall–Kier alpha value is -2.61. The van der Waals surface area contributed by atoms with Crippen LogP contribution in [-0.4, -0.2) is 22.2 Å². The van der Waals surface area contributed by atoms with E-state index in [2.05, 4.69) is 10.4 Å². The van der Waals surface area contributed by atoms with Crippen molar-refractivity contribution >= 4 is 5.91 Å². The minimum atomic E-state index is -0.147. The first-order chi connectivity index (χ1) is 8.79. The number of amides is 1. The smallest absolute Gasteiger partial charge is 0.251 e. The van der Waals surface area contributed by atoms with E-state index in [4.69, 9.17) is 5.26 Å². The minimum absolute atomic E-state index is 0.147. The zero-order valence-electron chi connectivity index (χ0n) is 9.71. The van der Waals surface area contributed by atoms with Crippen LogP contribution in [0.3, 0.4) is 0 Å². The summed E-state index contributed by atoms with van der Waals surface area (Å²) in [6.07, 6.45) is 3.54. The molecule has 0 spiro atoms. The second-order valence-electron chi connectivity index (χ2n) is 3.71. The van der Waals surface area contributed by atoms with Crippen LogP contribution in [0.1, 0.15) is 15.9 Å². The molecule has 0 aliphatic rings. The molecule has 5 nitrogen and oxygen atoms in total. The third-order valence-electron chi connectivity index (χ3n) is 2.46. The first kappa shape index (κ1) is 11.9. The number of nitrogens with zero attached hydrogens (tertiary/aromatic N) is 3. The molecular formula is C13H12N4O. The van der Waals surface area contributed by atoms with Gasteiger partial charge in [0.05, 0.1) is 18.2 Å². The minimum Gasteiger partial charge on any atom is -0.350 e. The van der Waals surface area contributed by atoms with Gasteiger partial charge >= 0.3 is 0 Å². The number of aromatic nitrogens is 2. The van der Waals surface area contributed by atoms with Crippen molar-refractivity contribution in [3.63, 3.8) is 0 Å². The number of rotatable bonds is 4. The summed E-state index contributed by atoms with van der Waals surface area (Å²) in [4.78, 5) is 11.7. The van der Waals surface area contributed by atoms with Crippen molar-refractivity contribution in [2.24, 2.45) is 0 Å². The Morgan fingerprint density at radius 1 is 1.39 bits per heavy atom. The molecule has 0 aliphatic carbocycles. The Morgan fingerprint density at radius 3 is 2.78 bits per heavy atom. The van der Waals surface area contributed by atoms with Crippen molar-refractivity contribution in [2.75, 3.05) is 6.54 Å². The molecule has 1 N–H and O–H groups in total. The Bertz CT molecular complexity index is 552. The number of nitriles is 1. The summed E-state index contributed by atoms with van der Waals surface area (Å²) < 4.78 is 1.75. The first-order valence-electron chi connectivity index (χ1n) is 5.55. The van der Waals surface area contributed by atoms with Crippen LogP contribution in [0, 0.1) is 11.3 Å². The zero-order chi connectivity index (χ0) is 12.8. The van der Waals surface area contributed by atoms with Crippen LogP contribution in [0.2, 0.25) is 0 Å². The third-order valence-corrected chi connectivity index (χ3v) is 2.46. The van der Waals surface area contributed by atoms with Gasteiger partial charge in [-0.25, -0.2) is 0 Å². The van der Waals surface area contributed by atoms with Crippen molar-refractivity contribution in [3.05, 3.63) is 53.9 Å². The van der Waals surface area contributed by atoms with Gasteiger partial charge in [0, 0.05) is 24.5 Å². The lowest BCUT2D eigenvalue weighted by atomic mass is 10.1. The van der Waals surface area contributed by atoms with E-state index in [0.717, 1.165) is 0 Å². The molecule has 0 aliphatic heterocycles. The topological polar surface area (TPSA) is 70.7 Å². The van der Waals surface area contributed by atoms with Crippen LogP contribution in [0.5, 0.6) is 0 Å². The molecule has 1 amide bonds. The molecule has 0 saturated carbocycles. The summed E-state index contributed by atoms with van der Waals surface area (Å²) in [5, 5.41) is 15.5. The van der Waals surface area contributed by atoms with E-state index in [-0.39, 0.29) is 5.91 Å². The Kier molecular flexibility index (Phi) is 3.72. The molecule has 1 aromatic carbocycles. The predicted molar refractivity (Wildman–Crippen MR) is 65.7 cm³/mol. The largest absolute Gasteiger partial charge is 0.350 e. The van der Waals surface area contributed by atoms with E-state index >= 15 is 0 Å². The van der Waals surface area contributed by atoms with Gasteiger partial charge in [0.2, 0.25) is 0 Å². The monoisotopic (exact) mass is 240 g/mol. The lowest BCUT2D eigenvalue weighted by Crippen LogP contribution is -2.27. The Morgan fingerprint density at radius 2 is 2.17 bits per heavy atom. The second kappa shape index (κ2) is 5.64. The number of carbonyl (C=O) groups excluding carboxylic acids is 1. The van der Waals surface area contributed by atoms with Gasteiger partial charge in [0.1, 0.15) is 0 Å². The highest BCUT2D eigenvalue weighted by molar-refractivity contribution is 5.94. The van der Waals surface area contributed by atoms with Crippen molar-refractivity contribution in [3.8, 4) is 6.07 Å². The lowest BCUT2D eigenvalue weighted by Gasteiger charge is -2.05. The van der Waals surface area contributed by atoms with Crippen LogP contribution in [0.15, 0.2) is 42.7 Å². The molecule has 0 radical (unpaired) electrons. The van der Waals surface area contributed by atoms with Crippen molar-refractivity contribution in [1.82, 2.24) is 15.1 Å². The maximum atomic E-state index is 11.7. The van der Waals surface area contributed by atoms with E-state index in [1.54, 1.807) is 35.1 Å². The molecule has 0 unspecified atom stereocenters. The zero-order valence-corrected chi connectivity index (χ0v) is 9.71. The number of hydrogen-bond donors (Lipinski definition) is 1. The van der Waals surface area contributed by atoms with Gasteiger partial charge in [-0.15, -0.1) is 0 Å². The molecule has 0 fully saturated rings.